The molecule has 2 N–H and O–H groups in total. The number of piperidine rings is 1. The third-order valence-corrected chi connectivity index (χ3v) is 7.60. The number of hydrogen-bond donors (Lipinski definition) is 2. The topological polar surface area (TPSA) is 91.3 Å². The number of hydrazine groups is 1. The van der Waals surface area contributed by atoms with E-state index in [1.54, 1.807) is 13.2 Å². The molecule has 0 bridgehead atoms. The van der Waals surface area contributed by atoms with E-state index < -0.39 is 5.97 Å². The first-order valence-electron chi connectivity index (χ1n) is 13.0. The number of nitrogens with one attached hydrogen (secondary N) is 1. The number of anilines is 2. The van der Waals surface area contributed by atoms with Crippen LogP contribution in [0.3, 0.4) is 0 Å². The molecule has 1 aliphatic rings. The van der Waals surface area contributed by atoms with E-state index in [2.05, 4.69) is 32.3 Å². The molecule has 1 amide bonds. The molecule has 0 atom stereocenters. The number of carboxylic acids is 1. The van der Waals surface area contributed by atoms with Gasteiger partial charge < -0.3 is 19.5 Å². The van der Waals surface area contributed by atoms with E-state index in [1.807, 2.05) is 47.5 Å². The predicted octanol–water partition coefficient (Wildman–Crippen LogP) is 5.48. The van der Waals surface area contributed by atoms with Crippen LogP contribution < -0.4 is 24.8 Å². The summed E-state index contributed by atoms with van der Waals surface area (Å²) in [6.07, 6.45) is 4.28. The van der Waals surface area contributed by atoms with Crippen LogP contribution in [0, 0.1) is 0 Å². The lowest BCUT2D eigenvalue weighted by Crippen LogP contribution is -2.45. The summed E-state index contributed by atoms with van der Waals surface area (Å²) in [6, 6.07) is 19.2. The van der Waals surface area contributed by atoms with Crippen molar-refractivity contribution in [1.82, 2.24) is 5.43 Å². The first-order chi connectivity index (χ1) is 18.9. The number of halogens is 1. The Bertz CT molecular complexity index is 1290. The van der Waals surface area contributed by atoms with Crippen LogP contribution in [0.2, 0.25) is 0 Å². The number of para-hydroxylation sites is 2. The zero-order chi connectivity index (χ0) is 27.8. The summed E-state index contributed by atoms with van der Waals surface area (Å²) < 4.78 is 11.1. The highest BCUT2D eigenvalue weighted by Crippen LogP contribution is 2.32. The average molecular weight is 597 g/mol. The molecule has 1 saturated heterocycles. The van der Waals surface area contributed by atoms with Gasteiger partial charge in [0.05, 0.1) is 32.0 Å². The minimum atomic E-state index is -1.09. The van der Waals surface area contributed by atoms with Gasteiger partial charge >= 0.3 is 5.97 Å². The SMILES string of the molecule is COc1ccc(CCN(NC(=O)Cc2cc(OC)c(C(=O)O)cc2Br)c2ccccc2N2CCCCC2)cc1. The Kier molecular flexibility index (Phi) is 9.70. The molecule has 39 heavy (non-hydrogen) atoms. The van der Waals surface area contributed by atoms with Crippen molar-refractivity contribution >= 4 is 39.2 Å². The molecule has 4 rings (SSSR count). The highest BCUT2D eigenvalue weighted by Gasteiger charge is 2.21. The van der Waals surface area contributed by atoms with E-state index in [4.69, 9.17) is 9.47 Å². The molecule has 3 aromatic rings. The lowest BCUT2D eigenvalue weighted by atomic mass is 10.1. The summed E-state index contributed by atoms with van der Waals surface area (Å²) in [5.74, 6) is -0.304. The summed E-state index contributed by atoms with van der Waals surface area (Å²) in [5.41, 5.74) is 6.96. The van der Waals surface area contributed by atoms with Crippen molar-refractivity contribution < 1.29 is 24.2 Å². The fourth-order valence-electron chi connectivity index (χ4n) is 4.79. The number of benzene rings is 3. The summed E-state index contributed by atoms with van der Waals surface area (Å²) in [7, 11) is 3.06. The van der Waals surface area contributed by atoms with Crippen molar-refractivity contribution in [2.24, 2.45) is 0 Å². The monoisotopic (exact) mass is 595 g/mol. The van der Waals surface area contributed by atoms with Crippen LogP contribution in [0.25, 0.3) is 0 Å². The number of nitrogens with zero attached hydrogens (tertiary/aromatic N) is 2. The molecule has 1 heterocycles. The molecule has 0 saturated carbocycles. The second kappa shape index (κ2) is 13.4. The van der Waals surface area contributed by atoms with Crippen LogP contribution in [0.15, 0.2) is 65.1 Å². The van der Waals surface area contributed by atoms with Crippen LogP contribution in [0.1, 0.15) is 40.7 Å². The van der Waals surface area contributed by atoms with Gasteiger partial charge in [-0.25, -0.2) is 4.79 Å². The number of methoxy groups -OCH3 is 2. The summed E-state index contributed by atoms with van der Waals surface area (Å²) in [4.78, 5) is 27.3. The van der Waals surface area contributed by atoms with E-state index in [0.29, 0.717) is 23.0 Å². The first-order valence-corrected chi connectivity index (χ1v) is 13.8. The molecule has 206 valence electrons. The highest BCUT2D eigenvalue weighted by atomic mass is 79.9. The molecular weight excluding hydrogens is 562 g/mol. The Hall–Kier alpha value is -3.72. The average Bonchev–Trinajstić information content (AvgIpc) is 2.96. The van der Waals surface area contributed by atoms with Gasteiger partial charge in [-0.1, -0.05) is 40.2 Å². The zero-order valence-corrected chi connectivity index (χ0v) is 23.9. The summed E-state index contributed by atoms with van der Waals surface area (Å²) >= 11 is 3.43. The molecule has 1 aliphatic heterocycles. The fraction of sp³-hybridized carbons (Fsp3) is 0.333. The maximum Gasteiger partial charge on any atom is 0.339 e. The largest absolute Gasteiger partial charge is 0.497 e. The van der Waals surface area contributed by atoms with Crippen LogP contribution in [0.5, 0.6) is 11.5 Å². The van der Waals surface area contributed by atoms with Gasteiger partial charge in [-0.3, -0.25) is 15.2 Å². The Morgan fingerprint density at radius 3 is 2.38 bits per heavy atom. The number of carboxylic acid groups (broad SMARTS) is 1. The molecule has 9 heteroatoms. The van der Waals surface area contributed by atoms with Crippen molar-refractivity contribution in [2.45, 2.75) is 32.1 Å². The smallest absolute Gasteiger partial charge is 0.339 e. The van der Waals surface area contributed by atoms with E-state index >= 15 is 0 Å². The lowest BCUT2D eigenvalue weighted by Gasteiger charge is -2.34. The summed E-state index contributed by atoms with van der Waals surface area (Å²) in [6.45, 7) is 2.53. The number of hydrogen-bond acceptors (Lipinski definition) is 6. The second-order valence-electron chi connectivity index (χ2n) is 9.45. The van der Waals surface area contributed by atoms with Gasteiger partial charge in [0.15, 0.2) is 0 Å². The van der Waals surface area contributed by atoms with Crippen molar-refractivity contribution in [3.8, 4) is 11.5 Å². The molecular formula is C30H34BrN3O5. The van der Waals surface area contributed by atoms with Crippen molar-refractivity contribution in [3.63, 3.8) is 0 Å². The first kappa shape index (κ1) is 28.3. The fourth-order valence-corrected chi connectivity index (χ4v) is 5.28. The van der Waals surface area contributed by atoms with Crippen molar-refractivity contribution in [2.75, 3.05) is 43.8 Å². The number of aromatic carboxylic acids is 1. The van der Waals surface area contributed by atoms with Crippen molar-refractivity contribution in [3.05, 3.63) is 81.8 Å². The van der Waals surface area contributed by atoms with E-state index in [1.165, 1.54) is 19.6 Å². The van der Waals surface area contributed by atoms with Crippen LogP contribution >= 0.6 is 15.9 Å². The number of ether oxygens (including phenoxy) is 2. The molecule has 8 nitrogen and oxygen atoms in total. The number of carbonyl (C=O) groups excluding carboxylic acids is 1. The Morgan fingerprint density at radius 2 is 1.72 bits per heavy atom. The predicted molar refractivity (Wildman–Crippen MR) is 156 cm³/mol. The van der Waals surface area contributed by atoms with Gasteiger partial charge in [0, 0.05) is 24.1 Å². The molecule has 0 aliphatic carbocycles. The van der Waals surface area contributed by atoms with Gasteiger partial charge in [-0.15, -0.1) is 0 Å². The van der Waals surface area contributed by atoms with Crippen molar-refractivity contribution in [1.29, 1.82) is 0 Å². The third kappa shape index (κ3) is 7.23. The Balaban J connectivity index is 1.58. The number of rotatable bonds is 11. The van der Waals surface area contributed by atoms with Gasteiger partial charge in [-0.05, 0) is 73.2 Å². The van der Waals surface area contributed by atoms with Gasteiger partial charge in [0.2, 0.25) is 5.91 Å². The molecule has 3 aromatic carbocycles. The minimum absolute atomic E-state index is 0.0325. The third-order valence-electron chi connectivity index (χ3n) is 6.86. The van der Waals surface area contributed by atoms with Crippen LogP contribution in [-0.4, -0.2) is 50.8 Å². The van der Waals surface area contributed by atoms with Crippen LogP contribution in [0.4, 0.5) is 11.4 Å². The lowest BCUT2D eigenvalue weighted by molar-refractivity contribution is -0.120. The van der Waals surface area contributed by atoms with E-state index in [0.717, 1.165) is 48.6 Å². The molecule has 0 radical (unpaired) electrons. The minimum Gasteiger partial charge on any atom is -0.497 e. The van der Waals surface area contributed by atoms with Gasteiger partial charge in [0.1, 0.15) is 17.1 Å². The maximum atomic E-state index is 13.4. The Morgan fingerprint density at radius 1 is 1.00 bits per heavy atom. The van der Waals surface area contributed by atoms with Gasteiger partial charge in [-0.2, -0.15) is 0 Å². The zero-order valence-electron chi connectivity index (χ0n) is 22.3. The van der Waals surface area contributed by atoms with Crippen LogP contribution in [-0.2, 0) is 17.6 Å². The molecule has 0 unspecified atom stereocenters. The van der Waals surface area contributed by atoms with E-state index in [-0.39, 0.29) is 23.6 Å². The molecule has 0 aromatic heterocycles. The van der Waals surface area contributed by atoms with Gasteiger partial charge in [0.25, 0.3) is 0 Å². The molecule has 1 fully saturated rings. The maximum absolute atomic E-state index is 13.4. The van der Waals surface area contributed by atoms with E-state index in [9.17, 15) is 14.7 Å². The summed E-state index contributed by atoms with van der Waals surface area (Å²) in [5, 5.41) is 11.4. The molecule has 0 spiro atoms. The second-order valence-corrected chi connectivity index (χ2v) is 10.3. The normalized spacial score (nSPS) is 13.1. The standard InChI is InChI=1S/C30H34BrN3O5/c1-38-23-12-10-21(11-13-23)14-17-34(27-9-5-4-8-26(27)33-15-6-3-7-16-33)32-29(35)19-22-18-28(39-2)24(30(36)37)20-25(22)31/h4-5,8-13,18,20H,3,6-7,14-17,19H2,1-2H3,(H,32,35)(H,36,37). The number of carbonyl (C=O) groups is 2. The quantitative estimate of drug-likeness (QED) is 0.284. The highest BCUT2D eigenvalue weighted by molar-refractivity contribution is 9.10. The number of amides is 1. The Labute approximate surface area is 237 Å².